The molecule has 0 saturated carbocycles. The standard InChI is InChI=1S/H5N3O2S/c1-2-3-6(4)5/h2-3H,1H2,(H,4,5)/p-1. The van der Waals surface area contributed by atoms with Gasteiger partial charge in [0, 0.05) is 11.3 Å². The van der Waals surface area contributed by atoms with Crippen molar-refractivity contribution in [2.45, 2.75) is 0 Å². The van der Waals surface area contributed by atoms with Crippen molar-refractivity contribution >= 4 is 11.3 Å². The molecule has 0 aromatic rings. The number of nitrogens with one attached hydrogen (secondary N) is 2. The maximum Gasteiger partial charge on any atom is 0.0335 e. The topological polar surface area (TPSA) is 90.2 Å². The summed E-state index contributed by atoms with van der Waals surface area (Å²) in [5.74, 6) is 4.48. The Balaban J connectivity index is 2.83. The molecule has 4 N–H and O–H groups in total. The molecule has 0 aliphatic carbocycles. The lowest BCUT2D eigenvalue weighted by Gasteiger charge is -2.01. The smallest absolute Gasteiger partial charge is 0.0335 e. The summed E-state index contributed by atoms with van der Waals surface area (Å²) >= 11 is -2.30. The van der Waals surface area contributed by atoms with Crippen molar-refractivity contribution < 1.29 is 8.76 Å². The number of nitrogens with two attached hydrogens (primary N) is 1. The number of rotatable bonds is 2. The second kappa shape index (κ2) is 3.19. The van der Waals surface area contributed by atoms with Crippen molar-refractivity contribution in [3.8, 4) is 0 Å². The van der Waals surface area contributed by atoms with Crippen LogP contribution in [0.15, 0.2) is 0 Å². The molecule has 0 aliphatic heterocycles. The summed E-state index contributed by atoms with van der Waals surface area (Å²) < 4.78 is 18.7. The number of hydrogen-bond donors (Lipinski definition) is 3. The highest BCUT2D eigenvalue weighted by atomic mass is 32.2. The fourth-order valence-corrected chi connectivity index (χ4v) is 0.144. The molecule has 6 heteroatoms. The van der Waals surface area contributed by atoms with Gasteiger partial charge in [0.25, 0.3) is 0 Å². The van der Waals surface area contributed by atoms with Gasteiger partial charge in [-0.2, -0.15) is 10.4 Å². The van der Waals surface area contributed by atoms with Gasteiger partial charge < -0.3 is 4.55 Å². The first-order chi connectivity index (χ1) is 2.77. The number of hydrazine groups is 2. The summed E-state index contributed by atoms with van der Waals surface area (Å²) in [5.41, 5.74) is 1.70. The lowest BCUT2D eigenvalue weighted by molar-refractivity contribution is 0.508. The molecule has 0 saturated heterocycles. The summed E-state index contributed by atoms with van der Waals surface area (Å²) in [6.07, 6.45) is 0. The Hall–Kier alpha value is -0.0100. The Morgan fingerprint density at radius 3 is 2.33 bits per heavy atom. The van der Waals surface area contributed by atoms with Crippen LogP contribution in [-0.4, -0.2) is 8.76 Å². The van der Waals surface area contributed by atoms with Gasteiger partial charge in [0.15, 0.2) is 0 Å². The fraction of sp³-hybridized carbons (Fsp3) is 0. The van der Waals surface area contributed by atoms with Crippen LogP contribution in [0.2, 0.25) is 0 Å². The zero-order chi connectivity index (χ0) is 4.99. The lowest BCUT2D eigenvalue weighted by Crippen LogP contribution is -2.38. The predicted octanol–water partition coefficient (Wildman–Crippen LogP) is -2.25. The van der Waals surface area contributed by atoms with E-state index in [-0.39, 0.29) is 0 Å². The molecule has 1 atom stereocenters. The maximum absolute atomic E-state index is 9.35. The van der Waals surface area contributed by atoms with E-state index < -0.39 is 11.3 Å². The molecule has 5 nitrogen and oxygen atoms in total. The van der Waals surface area contributed by atoms with Crippen molar-refractivity contribution in [3.63, 3.8) is 0 Å². The third-order valence-corrected chi connectivity index (χ3v) is 0.427. The monoisotopic (exact) mass is 110 g/mol. The summed E-state index contributed by atoms with van der Waals surface area (Å²) in [5, 5.41) is 0. The van der Waals surface area contributed by atoms with Crippen LogP contribution >= 0.6 is 0 Å². The van der Waals surface area contributed by atoms with Crippen molar-refractivity contribution in [2.24, 2.45) is 5.84 Å². The van der Waals surface area contributed by atoms with Crippen LogP contribution < -0.4 is 16.2 Å². The molecule has 0 amide bonds. The minimum Gasteiger partial charge on any atom is -0.759 e. The van der Waals surface area contributed by atoms with E-state index in [9.17, 15) is 8.76 Å². The molecule has 38 valence electrons. The molecular formula is H4N3O2S-. The molecule has 0 spiro atoms. The van der Waals surface area contributed by atoms with E-state index in [1.165, 1.54) is 0 Å². The molecule has 0 aliphatic rings. The van der Waals surface area contributed by atoms with Crippen LogP contribution in [0.4, 0.5) is 0 Å². The molecule has 0 rings (SSSR count). The first-order valence-electron chi connectivity index (χ1n) is 1.08. The van der Waals surface area contributed by atoms with Gasteiger partial charge >= 0.3 is 0 Å². The fourth-order valence-electron chi connectivity index (χ4n) is 0.0481. The average Bonchev–Trinajstić information content (AvgIpc) is 1.35. The van der Waals surface area contributed by atoms with E-state index in [1.807, 2.05) is 0 Å². The van der Waals surface area contributed by atoms with Crippen LogP contribution in [0.1, 0.15) is 0 Å². The Morgan fingerprint density at radius 1 is 1.83 bits per heavy atom. The Kier molecular flexibility index (Phi) is 3.19. The van der Waals surface area contributed by atoms with Gasteiger partial charge in [-0.3, -0.25) is 10.1 Å². The zero-order valence-corrected chi connectivity index (χ0v) is 3.62. The first-order valence-corrected chi connectivity index (χ1v) is 2.15. The van der Waals surface area contributed by atoms with E-state index in [2.05, 4.69) is 5.84 Å². The Bertz CT molecular complexity index is 52.8. The van der Waals surface area contributed by atoms with E-state index in [0.29, 0.717) is 0 Å². The van der Waals surface area contributed by atoms with Gasteiger partial charge in [-0.05, 0) is 0 Å². The van der Waals surface area contributed by atoms with E-state index in [1.54, 1.807) is 10.4 Å². The molecule has 0 aromatic heterocycles. The highest BCUT2D eigenvalue weighted by molar-refractivity contribution is 7.76. The third kappa shape index (κ3) is 3.99. The first kappa shape index (κ1) is 5.99. The minimum atomic E-state index is -2.30. The normalized spacial score (nSPS) is 14.3. The highest BCUT2D eigenvalue weighted by Gasteiger charge is 1.65. The van der Waals surface area contributed by atoms with Gasteiger partial charge in [0.05, 0.1) is 0 Å². The zero-order valence-electron chi connectivity index (χ0n) is 2.80. The van der Waals surface area contributed by atoms with Crippen molar-refractivity contribution in [1.29, 1.82) is 0 Å². The van der Waals surface area contributed by atoms with Gasteiger partial charge in [0.2, 0.25) is 0 Å². The molecule has 1 unspecified atom stereocenters. The second-order valence-electron chi connectivity index (χ2n) is 0.481. The average molecular weight is 110 g/mol. The van der Waals surface area contributed by atoms with Crippen molar-refractivity contribution in [1.82, 2.24) is 10.4 Å². The SMILES string of the molecule is NNNS(=O)[O-]. The Labute approximate surface area is 37.3 Å². The van der Waals surface area contributed by atoms with Gasteiger partial charge in [-0.15, -0.1) is 0 Å². The van der Waals surface area contributed by atoms with Gasteiger partial charge in [-0.1, -0.05) is 0 Å². The predicted molar refractivity (Wildman–Crippen MR) is 19.4 cm³/mol. The van der Waals surface area contributed by atoms with Crippen molar-refractivity contribution in [3.05, 3.63) is 0 Å². The molecule has 0 fully saturated rings. The van der Waals surface area contributed by atoms with Crippen LogP contribution in [0, 0.1) is 0 Å². The largest absolute Gasteiger partial charge is 0.759 e. The quantitative estimate of drug-likeness (QED) is 0.213. The summed E-state index contributed by atoms with van der Waals surface area (Å²) in [6, 6.07) is 0. The molecule has 0 heterocycles. The lowest BCUT2D eigenvalue weighted by atomic mass is 12.6. The van der Waals surface area contributed by atoms with E-state index in [4.69, 9.17) is 0 Å². The van der Waals surface area contributed by atoms with Crippen molar-refractivity contribution in [2.75, 3.05) is 0 Å². The summed E-state index contributed by atoms with van der Waals surface area (Å²) in [6.45, 7) is 0. The molecular weight excluding hydrogens is 106 g/mol. The summed E-state index contributed by atoms with van der Waals surface area (Å²) in [4.78, 5) is 1.65. The van der Waals surface area contributed by atoms with Gasteiger partial charge in [-0.25, -0.2) is 0 Å². The van der Waals surface area contributed by atoms with Crippen LogP contribution in [-0.2, 0) is 11.3 Å². The van der Waals surface area contributed by atoms with E-state index in [0.717, 1.165) is 0 Å². The maximum atomic E-state index is 9.35. The molecule has 0 radical (unpaired) electrons. The van der Waals surface area contributed by atoms with Gasteiger partial charge in [0.1, 0.15) is 0 Å². The van der Waals surface area contributed by atoms with Crippen LogP contribution in [0.5, 0.6) is 0 Å². The van der Waals surface area contributed by atoms with Crippen LogP contribution in [0.25, 0.3) is 0 Å². The molecule has 0 bridgehead atoms. The van der Waals surface area contributed by atoms with Crippen LogP contribution in [0.3, 0.4) is 0 Å². The minimum absolute atomic E-state index is 1.65. The number of hydrogen-bond acceptors (Lipinski definition) is 4. The highest BCUT2D eigenvalue weighted by Crippen LogP contribution is 1.46. The Morgan fingerprint density at radius 2 is 2.33 bits per heavy atom. The second-order valence-corrected chi connectivity index (χ2v) is 1.15. The summed E-state index contributed by atoms with van der Waals surface area (Å²) in [7, 11) is 0. The van der Waals surface area contributed by atoms with E-state index >= 15 is 0 Å². The third-order valence-electron chi connectivity index (χ3n) is 0.142. The molecule has 6 heavy (non-hydrogen) atoms. The molecule has 0 aromatic carbocycles.